The van der Waals surface area contributed by atoms with Gasteiger partial charge in [0.1, 0.15) is 6.10 Å². The lowest BCUT2D eigenvalue weighted by molar-refractivity contribution is -0.233. The Labute approximate surface area is 334 Å². The van der Waals surface area contributed by atoms with E-state index in [4.69, 9.17) is 22.1 Å². The molecule has 3 N–H and O–H groups in total. The molecule has 0 aromatic heterocycles. The van der Waals surface area contributed by atoms with Crippen molar-refractivity contribution in [2.75, 3.05) is 13.1 Å². The summed E-state index contributed by atoms with van der Waals surface area (Å²) in [4.78, 5) is 54.2. The van der Waals surface area contributed by atoms with Crippen molar-refractivity contribution >= 4 is 35.2 Å². The Balaban J connectivity index is 1.27. The van der Waals surface area contributed by atoms with Crippen molar-refractivity contribution in [3.63, 3.8) is 0 Å². The number of hydrogen-bond acceptors (Lipinski definition) is 6. The maximum Gasteiger partial charge on any atom is 0.309 e. The first-order valence-electron chi connectivity index (χ1n) is 21.0. The fourth-order valence-corrected chi connectivity index (χ4v) is 13.6. The fraction of sp³-hybridized carbons (Fsp3) is 0.739. The normalized spacial score (nSPS) is 35.4. The number of allylic oxidation sites excluding steroid dienone is 2. The summed E-state index contributed by atoms with van der Waals surface area (Å²) in [6, 6.07) is 7.63. The molecular weight excluding hydrogens is 712 g/mol. The molecule has 55 heavy (non-hydrogen) atoms. The van der Waals surface area contributed by atoms with Crippen molar-refractivity contribution in [2.45, 2.75) is 146 Å². The van der Waals surface area contributed by atoms with Crippen molar-refractivity contribution < 1.29 is 29.0 Å². The van der Waals surface area contributed by atoms with E-state index >= 15 is 0 Å². The van der Waals surface area contributed by atoms with Crippen molar-refractivity contribution in [1.29, 1.82) is 0 Å². The number of carboxylic acid groups (broad SMARTS) is 1. The Kier molecular flexibility index (Phi) is 11.1. The maximum absolute atomic E-state index is 14.2. The predicted molar refractivity (Wildman–Crippen MR) is 216 cm³/mol. The zero-order valence-electron chi connectivity index (χ0n) is 35.0. The highest BCUT2D eigenvalue weighted by Crippen LogP contribution is 2.77. The summed E-state index contributed by atoms with van der Waals surface area (Å²) in [6.45, 7) is 20.7. The first kappa shape index (κ1) is 41.9. The van der Waals surface area contributed by atoms with Gasteiger partial charge in [0, 0.05) is 35.4 Å². The molecule has 9 heteroatoms. The minimum atomic E-state index is -1.17. The molecule has 8 atom stereocenters. The van der Waals surface area contributed by atoms with Crippen LogP contribution < -0.4 is 5.73 Å². The van der Waals surface area contributed by atoms with Crippen molar-refractivity contribution in [1.82, 2.24) is 4.90 Å². The summed E-state index contributed by atoms with van der Waals surface area (Å²) >= 11 is 6.17. The highest BCUT2D eigenvalue weighted by molar-refractivity contribution is 6.30. The number of Topliss-reactive ketones (excluding diaryl/α,β-unsaturated/α-hetero) is 1. The number of fused-ring (bicyclic) bond motifs is 7. The number of amides is 1. The molecule has 1 amide bonds. The number of ketones is 1. The van der Waals surface area contributed by atoms with Gasteiger partial charge in [-0.2, -0.15) is 0 Å². The number of ether oxygens (including phenoxy) is 1. The highest BCUT2D eigenvalue weighted by atomic mass is 35.5. The van der Waals surface area contributed by atoms with E-state index in [0.717, 1.165) is 68.9 Å². The standard InChI is InChI=1S/C46H67ClN2O6/c1-28(2)38-32(50)24-46(22-23-49(36(51)26-48)27-29-10-12-30(47)13-11-29)21-20-44(8)31(39(38)46)14-15-34-43(7)18-17-35(55-37(52)25-41(3,4)40(53)54)42(5,6)33(43)16-19-45(34,44)9/h10-13,28,31,33-35H,14-27,48H2,1-9H3,(H,53,54)/t31-,33+,34-,35+,43+,44-,45?,46-/m1/s1. The second kappa shape index (κ2) is 14.6. The lowest BCUT2D eigenvalue weighted by atomic mass is 9.33. The molecule has 4 fully saturated rings. The van der Waals surface area contributed by atoms with Gasteiger partial charge in [0.25, 0.3) is 0 Å². The minimum Gasteiger partial charge on any atom is -0.481 e. The molecule has 6 rings (SSSR count). The van der Waals surface area contributed by atoms with Crippen LogP contribution in [-0.2, 0) is 30.5 Å². The van der Waals surface area contributed by atoms with Gasteiger partial charge in [0.2, 0.25) is 5.91 Å². The average Bonchev–Trinajstić information content (AvgIpc) is 3.40. The Morgan fingerprint density at radius 1 is 0.945 bits per heavy atom. The number of halogens is 1. The maximum atomic E-state index is 14.2. The van der Waals surface area contributed by atoms with Crippen LogP contribution in [0.15, 0.2) is 35.4 Å². The molecule has 0 radical (unpaired) electrons. The van der Waals surface area contributed by atoms with Gasteiger partial charge in [-0.1, -0.05) is 77.8 Å². The number of carboxylic acids is 1. The lowest BCUT2D eigenvalue weighted by Crippen LogP contribution is -2.65. The molecule has 4 saturated carbocycles. The third-order valence-electron chi connectivity index (χ3n) is 16.6. The highest BCUT2D eigenvalue weighted by Gasteiger charge is 2.70. The van der Waals surface area contributed by atoms with E-state index in [9.17, 15) is 24.3 Å². The van der Waals surface area contributed by atoms with Gasteiger partial charge in [-0.25, -0.2) is 0 Å². The van der Waals surface area contributed by atoms with Crippen LogP contribution >= 0.6 is 11.6 Å². The largest absolute Gasteiger partial charge is 0.481 e. The molecule has 8 nitrogen and oxygen atoms in total. The van der Waals surface area contributed by atoms with Crippen LogP contribution in [-0.4, -0.2) is 52.8 Å². The van der Waals surface area contributed by atoms with Gasteiger partial charge < -0.3 is 20.5 Å². The van der Waals surface area contributed by atoms with E-state index in [-0.39, 0.29) is 58.0 Å². The molecule has 304 valence electrons. The summed E-state index contributed by atoms with van der Waals surface area (Å²) in [5.74, 6) is 0.108. The van der Waals surface area contributed by atoms with E-state index in [1.807, 2.05) is 29.2 Å². The second-order valence-corrected chi connectivity index (χ2v) is 21.0. The van der Waals surface area contributed by atoms with E-state index in [0.29, 0.717) is 48.1 Å². The Morgan fingerprint density at radius 3 is 2.24 bits per heavy atom. The number of aliphatic carboxylic acids is 1. The smallest absolute Gasteiger partial charge is 0.309 e. The zero-order chi connectivity index (χ0) is 40.5. The van der Waals surface area contributed by atoms with Gasteiger partial charge in [-0.3, -0.25) is 19.2 Å². The van der Waals surface area contributed by atoms with Gasteiger partial charge in [0.05, 0.1) is 18.4 Å². The number of benzene rings is 1. The molecule has 5 aliphatic rings. The van der Waals surface area contributed by atoms with Crippen molar-refractivity contribution in [3.8, 4) is 0 Å². The minimum absolute atomic E-state index is 0.0133. The fourth-order valence-electron chi connectivity index (χ4n) is 13.5. The van der Waals surface area contributed by atoms with Crippen molar-refractivity contribution in [2.24, 2.45) is 61.9 Å². The topological polar surface area (TPSA) is 127 Å². The number of carbonyl (C=O) groups excluding carboxylic acids is 3. The van der Waals surface area contributed by atoms with E-state index in [1.54, 1.807) is 13.8 Å². The third kappa shape index (κ3) is 6.91. The van der Waals surface area contributed by atoms with Crippen LogP contribution in [0.1, 0.15) is 139 Å². The molecule has 1 aromatic rings. The van der Waals surface area contributed by atoms with Crippen molar-refractivity contribution in [3.05, 3.63) is 46.0 Å². The summed E-state index contributed by atoms with van der Waals surface area (Å²) in [7, 11) is 0. The first-order chi connectivity index (χ1) is 25.6. The van der Waals surface area contributed by atoms with E-state index < -0.39 is 17.4 Å². The van der Waals surface area contributed by atoms with Gasteiger partial charge >= 0.3 is 11.9 Å². The number of nitrogens with two attached hydrogens (primary N) is 1. The number of hydrogen-bond donors (Lipinski definition) is 2. The Bertz CT molecular complexity index is 1730. The van der Waals surface area contributed by atoms with Crippen LogP contribution in [0.4, 0.5) is 0 Å². The summed E-state index contributed by atoms with van der Waals surface area (Å²) < 4.78 is 6.18. The molecule has 1 aromatic carbocycles. The molecule has 5 aliphatic carbocycles. The van der Waals surface area contributed by atoms with Crippen LogP contribution in [0.2, 0.25) is 5.02 Å². The molecule has 0 saturated heterocycles. The number of esters is 1. The van der Waals surface area contributed by atoms with Crippen LogP contribution in [0.5, 0.6) is 0 Å². The molecule has 0 aliphatic heterocycles. The van der Waals surface area contributed by atoms with Crippen LogP contribution in [0.3, 0.4) is 0 Å². The van der Waals surface area contributed by atoms with Gasteiger partial charge in [-0.05, 0) is 135 Å². The molecule has 0 spiro atoms. The third-order valence-corrected chi connectivity index (χ3v) is 16.9. The number of nitrogens with zero attached hydrogens (tertiary/aromatic N) is 1. The predicted octanol–water partition coefficient (Wildman–Crippen LogP) is 9.41. The van der Waals surface area contributed by atoms with Gasteiger partial charge in [-0.15, -0.1) is 0 Å². The Morgan fingerprint density at radius 2 is 1.62 bits per heavy atom. The summed E-state index contributed by atoms with van der Waals surface area (Å²) in [5, 5.41) is 10.3. The lowest BCUT2D eigenvalue weighted by Gasteiger charge is -2.72. The number of carbonyl (C=O) groups is 4. The SMILES string of the molecule is CC(C)C1=C2[C@H]3CC[C@H]4C(C)(CC[C@H]5C(C)(C)[C@@H](OC(=O)CC(C)(C)C(=O)O)CC[C@@]54C)[C@]3(C)CC[C@@]2(CCN(Cc2ccc(Cl)cc2)C(=O)CN)CC1=O. The van der Waals surface area contributed by atoms with Crippen LogP contribution in [0.25, 0.3) is 0 Å². The van der Waals surface area contributed by atoms with Gasteiger partial charge in [0.15, 0.2) is 5.78 Å². The molecule has 0 bridgehead atoms. The van der Waals surface area contributed by atoms with E-state index in [1.165, 1.54) is 5.57 Å². The average molecular weight is 780 g/mol. The summed E-state index contributed by atoms with van der Waals surface area (Å²) in [5.41, 5.74) is 7.90. The molecule has 0 heterocycles. The molecular formula is C46H67ClN2O6. The Hall–Kier alpha value is -2.71. The quantitative estimate of drug-likeness (QED) is 0.214. The van der Waals surface area contributed by atoms with E-state index in [2.05, 4.69) is 48.5 Å². The molecule has 1 unspecified atom stereocenters. The summed E-state index contributed by atoms with van der Waals surface area (Å²) in [6.07, 6.45) is 8.95. The zero-order valence-corrected chi connectivity index (χ0v) is 35.7. The second-order valence-electron chi connectivity index (χ2n) is 20.6. The van der Waals surface area contributed by atoms with Crippen LogP contribution in [0, 0.1) is 56.2 Å². The number of rotatable bonds is 11. The monoisotopic (exact) mass is 778 g/mol. The first-order valence-corrected chi connectivity index (χ1v) is 21.4.